The van der Waals surface area contributed by atoms with Crippen molar-refractivity contribution in [3.8, 4) is 17.0 Å². The lowest BCUT2D eigenvalue weighted by Gasteiger charge is -2.05. The van der Waals surface area contributed by atoms with Crippen molar-refractivity contribution in [3.05, 3.63) is 36.4 Å². The van der Waals surface area contributed by atoms with E-state index in [0.29, 0.717) is 11.3 Å². The van der Waals surface area contributed by atoms with Gasteiger partial charge in [0.1, 0.15) is 11.5 Å². The molecule has 0 amide bonds. The highest BCUT2D eigenvalue weighted by atomic mass is 19.1. The highest BCUT2D eigenvalue weighted by Crippen LogP contribution is 2.26. The minimum atomic E-state index is -0.454. The van der Waals surface area contributed by atoms with E-state index < -0.39 is 5.82 Å². The summed E-state index contributed by atoms with van der Waals surface area (Å²) < 4.78 is 18.3. The second kappa shape index (κ2) is 4.14. The second-order valence-corrected chi connectivity index (χ2v) is 3.14. The summed E-state index contributed by atoms with van der Waals surface area (Å²) in [5.41, 5.74) is 6.68. The smallest absolute Gasteiger partial charge is 0.165 e. The molecule has 0 spiro atoms. The van der Waals surface area contributed by atoms with E-state index in [-0.39, 0.29) is 11.6 Å². The summed E-state index contributed by atoms with van der Waals surface area (Å²) in [6, 6.07) is 4.53. The fraction of sp³-hybridized carbons (Fsp3) is 0.0909. The SMILES string of the molecule is COc1ccc(-c2nccnc2N)cc1F. The number of ether oxygens (including phenoxy) is 1. The Balaban J connectivity index is 2.50. The van der Waals surface area contributed by atoms with E-state index in [4.69, 9.17) is 10.5 Å². The molecule has 0 bridgehead atoms. The maximum absolute atomic E-state index is 13.5. The molecule has 0 atom stereocenters. The van der Waals surface area contributed by atoms with Gasteiger partial charge >= 0.3 is 0 Å². The lowest BCUT2D eigenvalue weighted by Crippen LogP contribution is -1.97. The minimum absolute atomic E-state index is 0.186. The van der Waals surface area contributed by atoms with Gasteiger partial charge < -0.3 is 10.5 Å². The van der Waals surface area contributed by atoms with E-state index in [1.165, 1.54) is 31.6 Å². The molecule has 82 valence electrons. The molecule has 5 heteroatoms. The molecule has 0 saturated carbocycles. The molecule has 0 aliphatic rings. The van der Waals surface area contributed by atoms with Gasteiger partial charge in [0, 0.05) is 18.0 Å². The Morgan fingerprint density at radius 2 is 2.00 bits per heavy atom. The number of nitrogens with zero attached hydrogens (tertiary/aromatic N) is 2. The van der Waals surface area contributed by atoms with Crippen LogP contribution >= 0.6 is 0 Å². The molecule has 0 unspecified atom stereocenters. The third-order valence-corrected chi connectivity index (χ3v) is 2.15. The first-order valence-electron chi connectivity index (χ1n) is 4.63. The van der Waals surface area contributed by atoms with Gasteiger partial charge in [0.25, 0.3) is 0 Å². The van der Waals surface area contributed by atoms with Gasteiger partial charge in [0.2, 0.25) is 0 Å². The number of methoxy groups -OCH3 is 1. The molecule has 0 fully saturated rings. The molecule has 0 aliphatic heterocycles. The zero-order valence-electron chi connectivity index (χ0n) is 8.64. The number of nitrogen functional groups attached to an aromatic ring is 1. The van der Waals surface area contributed by atoms with Crippen LogP contribution < -0.4 is 10.5 Å². The standard InChI is InChI=1S/C11H10FN3O/c1-16-9-3-2-7(6-8(9)12)10-11(13)15-5-4-14-10/h2-6H,1H3,(H2,13,15). The molecule has 2 rings (SSSR count). The molecule has 2 aromatic rings. The van der Waals surface area contributed by atoms with Gasteiger partial charge in [-0.05, 0) is 18.2 Å². The van der Waals surface area contributed by atoms with Crippen LogP contribution in [0.5, 0.6) is 5.75 Å². The number of aromatic nitrogens is 2. The van der Waals surface area contributed by atoms with Crippen LogP contribution in [0.15, 0.2) is 30.6 Å². The van der Waals surface area contributed by atoms with Gasteiger partial charge in [-0.1, -0.05) is 0 Å². The van der Waals surface area contributed by atoms with E-state index >= 15 is 0 Å². The maximum Gasteiger partial charge on any atom is 0.165 e. The van der Waals surface area contributed by atoms with Gasteiger partial charge in [-0.2, -0.15) is 0 Å². The Morgan fingerprint density at radius 3 is 2.62 bits per heavy atom. The van der Waals surface area contributed by atoms with E-state index in [1.807, 2.05) is 0 Å². The largest absolute Gasteiger partial charge is 0.494 e. The van der Waals surface area contributed by atoms with Crippen molar-refractivity contribution in [1.82, 2.24) is 9.97 Å². The molecule has 0 aliphatic carbocycles. The van der Waals surface area contributed by atoms with Gasteiger partial charge in [-0.15, -0.1) is 0 Å². The zero-order chi connectivity index (χ0) is 11.5. The van der Waals surface area contributed by atoms with Gasteiger partial charge in [0.15, 0.2) is 11.6 Å². The van der Waals surface area contributed by atoms with E-state index in [9.17, 15) is 4.39 Å². The Morgan fingerprint density at radius 1 is 1.25 bits per heavy atom. The van der Waals surface area contributed by atoms with Crippen molar-refractivity contribution in [1.29, 1.82) is 0 Å². The Bertz CT molecular complexity index is 516. The fourth-order valence-electron chi connectivity index (χ4n) is 1.38. The third kappa shape index (κ3) is 1.79. The van der Waals surface area contributed by atoms with Crippen LogP contribution in [-0.2, 0) is 0 Å². The number of halogens is 1. The first kappa shape index (κ1) is 10.4. The summed E-state index contributed by atoms with van der Waals surface area (Å²) in [6.45, 7) is 0. The Kier molecular flexibility index (Phi) is 2.68. The molecule has 1 heterocycles. The third-order valence-electron chi connectivity index (χ3n) is 2.15. The van der Waals surface area contributed by atoms with Crippen LogP contribution in [0.1, 0.15) is 0 Å². The molecule has 4 nitrogen and oxygen atoms in total. The predicted octanol–water partition coefficient (Wildman–Crippen LogP) is 1.87. The average molecular weight is 219 g/mol. The number of anilines is 1. The van der Waals surface area contributed by atoms with E-state index in [0.717, 1.165) is 0 Å². The molecule has 16 heavy (non-hydrogen) atoms. The molecule has 1 aromatic heterocycles. The fourth-order valence-corrected chi connectivity index (χ4v) is 1.38. The normalized spacial score (nSPS) is 10.1. The molecular formula is C11H10FN3O. The number of hydrogen-bond acceptors (Lipinski definition) is 4. The lowest BCUT2D eigenvalue weighted by molar-refractivity contribution is 0.386. The number of benzene rings is 1. The maximum atomic E-state index is 13.5. The molecule has 0 saturated heterocycles. The molecule has 2 N–H and O–H groups in total. The van der Waals surface area contributed by atoms with Crippen molar-refractivity contribution in [2.45, 2.75) is 0 Å². The minimum Gasteiger partial charge on any atom is -0.494 e. The van der Waals surface area contributed by atoms with Crippen LogP contribution in [-0.4, -0.2) is 17.1 Å². The zero-order valence-corrected chi connectivity index (χ0v) is 8.64. The van der Waals surface area contributed by atoms with Crippen molar-refractivity contribution in [2.24, 2.45) is 0 Å². The summed E-state index contributed by atoms with van der Waals surface area (Å²) in [5.74, 6) is 0.00308. The average Bonchev–Trinajstić information content (AvgIpc) is 2.29. The second-order valence-electron chi connectivity index (χ2n) is 3.14. The molecule has 1 aromatic carbocycles. The summed E-state index contributed by atoms with van der Waals surface area (Å²) in [4.78, 5) is 7.94. The lowest BCUT2D eigenvalue weighted by atomic mass is 10.1. The number of rotatable bonds is 2. The summed E-state index contributed by atoms with van der Waals surface area (Å²) >= 11 is 0. The number of nitrogens with two attached hydrogens (primary N) is 1. The van der Waals surface area contributed by atoms with Crippen LogP contribution in [0.3, 0.4) is 0 Å². The summed E-state index contributed by atoms with van der Waals surface area (Å²) in [7, 11) is 1.41. The predicted molar refractivity (Wildman–Crippen MR) is 58.4 cm³/mol. The van der Waals surface area contributed by atoms with E-state index in [1.54, 1.807) is 6.07 Å². The van der Waals surface area contributed by atoms with Crippen LogP contribution in [0.25, 0.3) is 11.3 Å². The van der Waals surface area contributed by atoms with Crippen LogP contribution in [0.4, 0.5) is 10.2 Å². The molecular weight excluding hydrogens is 209 g/mol. The summed E-state index contributed by atoms with van der Waals surface area (Å²) in [6.07, 6.45) is 2.99. The van der Waals surface area contributed by atoms with Crippen molar-refractivity contribution in [3.63, 3.8) is 0 Å². The highest BCUT2D eigenvalue weighted by Gasteiger charge is 2.08. The molecule has 0 radical (unpaired) electrons. The monoisotopic (exact) mass is 219 g/mol. The van der Waals surface area contributed by atoms with Crippen molar-refractivity contribution in [2.75, 3.05) is 12.8 Å². The Labute approximate surface area is 91.9 Å². The van der Waals surface area contributed by atoms with Gasteiger partial charge in [-0.25, -0.2) is 9.37 Å². The highest BCUT2D eigenvalue weighted by molar-refractivity contribution is 5.69. The topological polar surface area (TPSA) is 61.0 Å². The van der Waals surface area contributed by atoms with E-state index in [2.05, 4.69) is 9.97 Å². The van der Waals surface area contributed by atoms with Gasteiger partial charge in [-0.3, -0.25) is 4.98 Å². The van der Waals surface area contributed by atoms with Crippen molar-refractivity contribution < 1.29 is 9.13 Å². The van der Waals surface area contributed by atoms with Crippen LogP contribution in [0, 0.1) is 5.82 Å². The first-order chi connectivity index (χ1) is 7.72. The first-order valence-corrected chi connectivity index (χ1v) is 4.63. The summed E-state index contributed by atoms with van der Waals surface area (Å²) in [5, 5.41) is 0. The Hall–Kier alpha value is -2.17. The van der Waals surface area contributed by atoms with Crippen molar-refractivity contribution >= 4 is 5.82 Å². The van der Waals surface area contributed by atoms with Crippen LogP contribution in [0.2, 0.25) is 0 Å². The number of hydrogen-bond donors (Lipinski definition) is 1. The van der Waals surface area contributed by atoms with Gasteiger partial charge in [0.05, 0.1) is 7.11 Å². The quantitative estimate of drug-likeness (QED) is 0.837.